The Bertz CT molecular complexity index is 858. The summed E-state index contributed by atoms with van der Waals surface area (Å²) in [7, 11) is 0. The molecule has 6 heteroatoms. The van der Waals surface area contributed by atoms with Gasteiger partial charge in [-0.3, -0.25) is 4.90 Å². The molecule has 0 amide bonds. The number of ether oxygens (including phenoxy) is 2. The zero-order valence-electron chi connectivity index (χ0n) is 17.2. The third kappa shape index (κ3) is 4.95. The van der Waals surface area contributed by atoms with Gasteiger partial charge in [-0.1, -0.05) is 43.7 Å². The van der Waals surface area contributed by atoms with Gasteiger partial charge >= 0.3 is 6.01 Å². The van der Waals surface area contributed by atoms with Gasteiger partial charge in [0.25, 0.3) is 0 Å². The van der Waals surface area contributed by atoms with E-state index in [-0.39, 0.29) is 0 Å². The van der Waals surface area contributed by atoms with E-state index in [0.717, 1.165) is 69.8 Å². The molecule has 0 unspecified atom stereocenters. The molecule has 0 bridgehead atoms. The van der Waals surface area contributed by atoms with Crippen molar-refractivity contribution in [1.82, 2.24) is 14.9 Å². The molecule has 154 valence electrons. The number of hydrogen-bond acceptors (Lipinski definition) is 6. The standard InChI is InChI=1S/C23H30N4O2/c1-2-3-12-29-23-25-21-19(8-9-20(21)22(24)26-23)15-17-4-6-18(7-5-17)16-27-10-13-28-14-11-27/h4-8H,2-3,9-16H2,1H3,(H2,24,25,26). The molecule has 0 spiro atoms. The van der Waals surface area contributed by atoms with Crippen LogP contribution in [0.4, 0.5) is 5.82 Å². The summed E-state index contributed by atoms with van der Waals surface area (Å²) in [5.41, 5.74) is 12.0. The number of rotatable bonds is 8. The third-order valence-electron chi connectivity index (χ3n) is 5.53. The Morgan fingerprint density at radius 2 is 1.86 bits per heavy atom. The van der Waals surface area contributed by atoms with Gasteiger partial charge in [0.2, 0.25) is 0 Å². The second kappa shape index (κ2) is 9.37. The van der Waals surface area contributed by atoms with E-state index < -0.39 is 0 Å². The van der Waals surface area contributed by atoms with Crippen molar-refractivity contribution in [2.24, 2.45) is 0 Å². The van der Waals surface area contributed by atoms with Gasteiger partial charge in [-0.05, 0) is 36.0 Å². The van der Waals surface area contributed by atoms with Crippen molar-refractivity contribution in [1.29, 1.82) is 0 Å². The number of nitrogen functional groups attached to an aromatic ring is 1. The molecule has 2 N–H and O–H groups in total. The van der Waals surface area contributed by atoms with Crippen LogP contribution in [0.15, 0.2) is 30.3 Å². The molecule has 0 radical (unpaired) electrons. The highest BCUT2D eigenvalue weighted by molar-refractivity contribution is 5.75. The summed E-state index contributed by atoms with van der Waals surface area (Å²) in [6.45, 7) is 7.43. The van der Waals surface area contributed by atoms with Gasteiger partial charge in [-0.15, -0.1) is 0 Å². The number of anilines is 1. The first-order chi connectivity index (χ1) is 14.2. The average Bonchev–Trinajstić information content (AvgIpc) is 3.14. The van der Waals surface area contributed by atoms with Gasteiger partial charge in [0, 0.05) is 25.2 Å². The zero-order chi connectivity index (χ0) is 20.1. The molecule has 1 saturated heterocycles. The normalized spacial score (nSPS) is 16.5. The van der Waals surface area contributed by atoms with E-state index in [1.807, 2.05) is 0 Å². The van der Waals surface area contributed by atoms with Crippen molar-refractivity contribution in [3.05, 3.63) is 52.7 Å². The van der Waals surface area contributed by atoms with Crippen LogP contribution in [0.1, 0.15) is 42.1 Å². The number of allylic oxidation sites excluding steroid dienone is 2. The van der Waals surface area contributed by atoms with E-state index in [2.05, 4.69) is 52.1 Å². The molecular weight excluding hydrogens is 364 g/mol. The van der Waals surface area contributed by atoms with E-state index in [1.54, 1.807) is 0 Å². The predicted octanol–water partition coefficient (Wildman–Crippen LogP) is 3.25. The molecule has 4 rings (SSSR count). The van der Waals surface area contributed by atoms with Crippen LogP contribution in [0.2, 0.25) is 0 Å². The Morgan fingerprint density at radius 3 is 2.62 bits per heavy atom. The van der Waals surface area contributed by atoms with E-state index in [0.29, 0.717) is 18.4 Å². The van der Waals surface area contributed by atoms with E-state index >= 15 is 0 Å². The van der Waals surface area contributed by atoms with Gasteiger partial charge in [-0.25, -0.2) is 0 Å². The topological polar surface area (TPSA) is 73.5 Å². The molecule has 1 fully saturated rings. The highest BCUT2D eigenvalue weighted by Gasteiger charge is 2.21. The SMILES string of the molecule is CCCCOc1nc(N)c2c(n1)C(Cc1ccc(CN3CCOCC3)cc1)=CC2. The molecule has 1 aliphatic carbocycles. The summed E-state index contributed by atoms with van der Waals surface area (Å²) >= 11 is 0. The minimum absolute atomic E-state index is 0.392. The van der Waals surface area contributed by atoms with Crippen LogP contribution in [0, 0.1) is 0 Å². The quantitative estimate of drug-likeness (QED) is 0.693. The molecule has 2 aromatic rings. The number of nitrogens with two attached hydrogens (primary N) is 1. The van der Waals surface area contributed by atoms with Crippen LogP contribution in [0.25, 0.3) is 5.57 Å². The van der Waals surface area contributed by atoms with Crippen LogP contribution in [-0.4, -0.2) is 47.8 Å². The first-order valence-electron chi connectivity index (χ1n) is 10.6. The first kappa shape index (κ1) is 19.9. The predicted molar refractivity (Wildman–Crippen MR) is 115 cm³/mol. The summed E-state index contributed by atoms with van der Waals surface area (Å²) in [6.07, 6.45) is 5.91. The molecule has 0 saturated carbocycles. The largest absolute Gasteiger partial charge is 0.463 e. The van der Waals surface area contributed by atoms with Crippen molar-refractivity contribution >= 4 is 11.4 Å². The van der Waals surface area contributed by atoms with Crippen LogP contribution in [0.3, 0.4) is 0 Å². The lowest BCUT2D eigenvalue weighted by Gasteiger charge is -2.26. The molecule has 6 nitrogen and oxygen atoms in total. The Morgan fingerprint density at radius 1 is 1.10 bits per heavy atom. The molecule has 1 aromatic carbocycles. The fraction of sp³-hybridized carbons (Fsp3) is 0.478. The zero-order valence-corrected chi connectivity index (χ0v) is 17.2. The maximum absolute atomic E-state index is 6.16. The van der Waals surface area contributed by atoms with E-state index in [1.165, 1.54) is 16.7 Å². The fourth-order valence-electron chi connectivity index (χ4n) is 3.80. The van der Waals surface area contributed by atoms with E-state index in [9.17, 15) is 0 Å². The van der Waals surface area contributed by atoms with Crippen molar-refractivity contribution in [2.75, 3.05) is 38.6 Å². The summed E-state index contributed by atoms with van der Waals surface area (Å²) in [5.74, 6) is 0.536. The van der Waals surface area contributed by atoms with Crippen molar-refractivity contribution < 1.29 is 9.47 Å². The number of aromatic nitrogens is 2. The van der Waals surface area contributed by atoms with Gasteiger partial charge in [0.05, 0.1) is 25.5 Å². The Labute approximate surface area is 172 Å². The molecule has 1 aliphatic heterocycles. The van der Waals surface area contributed by atoms with Crippen LogP contribution >= 0.6 is 0 Å². The van der Waals surface area contributed by atoms with Crippen LogP contribution < -0.4 is 10.5 Å². The Kier molecular flexibility index (Phi) is 6.42. The lowest BCUT2D eigenvalue weighted by atomic mass is 10.0. The molecule has 1 aromatic heterocycles. The third-order valence-corrected chi connectivity index (χ3v) is 5.53. The van der Waals surface area contributed by atoms with Gasteiger partial charge in [-0.2, -0.15) is 9.97 Å². The highest BCUT2D eigenvalue weighted by atomic mass is 16.5. The number of hydrogen-bond donors (Lipinski definition) is 1. The molecule has 2 aliphatic rings. The summed E-state index contributed by atoms with van der Waals surface area (Å²) in [6, 6.07) is 9.29. The Balaban J connectivity index is 1.41. The Hall–Kier alpha value is -2.44. The lowest BCUT2D eigenvalue weighted by Crippen LogP contribution is -2.35. The fourth-order valence-corrected chi connectivity index (χ4v) is 3.80. The summed E-state index contributed by atoms with van der Waals surface area (Å²) in [5, 5.41) is 0. The van der Waals surface area contributed by atoms with Gasteiger partial charge < -0.3 is 15.2 Å². The van der Waals surface area contributed by atoms with E-state index in [4.69, 9.17) is 15.2 Å². The number of nitrogens with zero attached hydrogens (tertiary/aromatic N) is 3. The van der Waals surface area contributed by atoms with Crippen molar-refractivity contribution in [2.45, 2.75) is 39.2 Å². The van der Waals surface area contributed by atoms with Gasteiger partial charge in [0.1, 0.15) is 5.82 Å². The summed E-state index contributed by atoms with van der Waals surface area (Å²) in [4.78, 5) is 11.4. The molecule has 29 heavy (non-hydrogen) atoms. The minimum atomic E-state index is 0.392. The van der Waals surface area contributed by atoms with Crippen molar-refractivity contribution in [3.63, 3.8) is 0 Å². The number of benzene rings is 1. The first-order valence-corrected chi connectivity index (χ1v) is 10.6. The second-order valence-electron chi connectivity index (χ2n) is 7.74. The monoisotopic (exact) mass is 394 g/mol. The van der Waals surface area contributed by atoms with Crippen molar-refractivity contribution in [3.8, 4) is 6.01 Å². The maximum Gasteiger partial charge on any atom is 0.318 e. The summed E-state index contributed by atoms with van der Waals surface area (Å²) < 4.78 is 11.1. The second-order valence-corrected chi connectivity index (χ2v) is 7.74. The smallest absolute Gasteiger partial charge is 0.318 e. The molecule has 0 atom stereocenters. The van der Waals surface area contributed by atoms with Crippen LogP contribution in [-0.2, 0) is 24.1 Å². The van der Waals surface area contributed by atoms with Gasteiger partial charge in [0.15, 0.2) is 0 Å². The average molecular weight is 395 g/mol. The minimum Gasteiger partial charge on any atom is -0.463 e. The lowest BCUT2D eigenvalue weighted by molar-refractivity contribution is 0.0342. The maximum atomic E-state index is 6.16. The highest BCUT2D eigenvalue weighted by Crippen LogP contribution is 2.32. The van der Waals surface area contributed by atoms with Crippen LogP contribution in [0.5, 0.6) is 6.01 Å². The molecule has 2 heterocycles. The number of fused-ring (bicyclic) bond motifs is 1. The number of unbranched alkanes of at least 4 members (excludes halogenated alkanes) is 1. The number of morpholine rings is 1. The molecular formula is C23H30N4O2.